The largest absolute Gasteiger partial charge is 0.379 e. The zero-order valence-corrected chi connectivity index (χ0v) is 12.7. The number of rotatable bonds is 3. The lowest BCUT2D eigenvalue weighted by Crippen LogP contribution is -2.40. The molecule has 1 aromatic carbocycles. The summed E-state index contributed by atoms with van der Waals surface area (Å²) < 4.78 is 5.38. The first-order chi connectivity index (χ1) is 10.2. The Morgan fingerprint density at radius 2 is 2.33 bits per heavy atom. The molecule has 4 nitrogen and oxygen atoms in total. The van der Waals surface area contributed by atoms with Gasteiger partial charge in [0.05, 0.1) is 23.7 Å². The minimum Gasteiger partial charge on any atom is -0.379 e. The van der Waals surface area contributed by atoms with Crippen molar-refractivity contribution in [3.63, 3.8) is 0 Å². The number of nitrogens with one attached hydrogen (secondary N) is 1. The van der Waals surface area contributed by atoms with Gasteiger partial charge in [0.2, 0.25) is 0 Å². The minimum absolute atomic E-state index is 0.0676. The van der Waals surface area contributed by atoms with Gasteiger partial charge in [-0.3, -0.25) is 4.79 Å². The maximum atomic E-state index is 12.3. The summed E-state index contributed by atoms with van der Waals surface area (Å²) in [6.07, 6.45) is 3.09. The molecule has 1 fully saturated rings. The third-order valence-electron chi connectivity index (χ3n) is 3.63. The summed E-state index contributed by atoms with van der Waals surface area (Å²) in [4.78, 5) is 12.3. The molecule has 5 heteroatoms. The highest BCUT2D eigenvalue weighted by molar-refractivity contribution is 6.32. The van der Waals surface area contributed by atoms with Crippen molar-refractivity contribution in [3.05, 3.63) is 34.3 Å². The monoisotopic (exact) mass is 306 g/mol. The van der Waals surface area contributed by atoms with Gasteiger partial charge in [0.15, 0.2) is 0 Å². The van der Waals surface area contributed by atoms with E-state index in [2.05, 4.69) is 17.2 Å². The molecule has 2 unspecified atom stereocenters. The van der Waals surface area contributed by atoms with E-state index >= 15 is 0 Å². The Bertz CT molecular complexity index is 577. The van der Waals surface area contributed by atoms with E-state index in [9.17, 15) is 4.79 Å². The molecule has 1 aliphatic rings. The molecular formula is C16H19ClN2O2. The summed E-state index contributed by atoms with van der Waals surface area (Å²) in [5.41, 5.74) is 6.53. The molecule has 2 rings (SSSR count). The van der Waals surface area contributed by atoms with E-state index < -0.39 is 0 Å². The quantitative estimate of drug-likeness (QED) is 0.839. The summed E-state index contributed by atoms with van der Waals surface area (Å²) in [6, 6.07) is 5.16. The van der Waals surface area contributed by atoms with Crippen molar-refractivity contribution in [2.45, 2.75) is 31.4 Å². The summed E-state index contributed by atoms with van der Waals surface area (Å²) in [5, 5.41) is 3.46. The molecule has 0 radical (unpaired) electrons. The second kappa shape index (κ2) is 7.46. The fraction of sp³-hybridized carbons (Fsp3) is 0.438. The Kier molecular flexibility index (Phi) is 5.63. The second-order valence-corrected chi connectivity index (χ2v) is 5.39. The van der Waals surface area contributed by atoms with Crippen LogP contribution < -0.4 is 11.1 Å². The van der Waals surface area contributed by atoms with Crippen molar-refractivity contribution in [1.82, 2.24) is 5.32 Å². The van der Waals surface area contributed by atoms with Crippen LogP contribution in [0.2, 0.25) is 5.02 Å². The van der Waals surface area contributed by atoms with Crippen molar-refractivity contribution in [2.75, 3.05) is 13.7 Å². The van der Waals surface area contributed by atoms with Crippen molar-refractivity contribution in [3.8, 4) is 11.8 Å². The number of nitrogens with two attached hydrogens (primary N) is 1. The van der Waals surface area contributed by atoms with Gasteiger partial charge in [-0.15, -0.1) is 0 Å². The lowest BCUT2D eigenvalue weighted by Gasteiger charge is -2.19. The number of benzene rings is 1. The number of methoxy groups -OCH3 is 1. The van der Waals surface area contributed by atoms with E-state index in [1.54, 1.807) is 25.3 Å². The maximum absolute atomic E-state index is 12.3. The third-order valence-corrected chi connectivity index (χ3v) is 3.94. The molecule has 3 N–H and O–H groups in total. The molecular weight excluding hydrogens is 288 g/mol. The maximum Gasteiger partial charge on any atom is 0.251 e. The highest BCUT2D eigenvalue weighted by Crippen LogP contribution is 2.22. The lowest BCUT2D eigenvalue weighted by molar-refractivity contribution is 0.0722. The van der Waals surface area contributed by atoms with E-state index in [1.165, 1.54) is 0 Å². The van der Waals surface area contributed by atoms with Gasteiger partial charge >= 0.3 is 0 Å². The van der Waals surface area contributed by atoms with Gasteiger partial charge in [-0.05, 0) is 37.5 Å². The van der Waals surface area contributed by atoms with E-state index in [4.69, 9.17) is 22.1 Å². The Morgan fingerprint density at radius 1 is 1.52 bits per heavy atom. The molecule has 112 valence electrons. The van der Waals surface area contributed by atoms with Gasteiger partial charge in [-0.25, -0.2) is 0 Å². The normalized spacial score (nSPS) is 20.7. The van der Waals surface area contributed by atoms with Gasteiger partial charge in [-0.1, -0.05) is 23.4 Å². The first kappa shape index (κ1) is 15.8. The van der Waals surface area contributed by atoms with E-state index in [0.29, 0.717) is 16.1 Å². The standard InChI is InChI=1S/C16H19ClN2O2/c1-21-15-6-2-5-14(15)19-16(20)12-8-7-11(4-3-9-18)13(17)10-12/h7-8,10,14-15H,2,5-6,9,18H2,1H3,(H,19,20). The van der Waals surface area contributed by atoms with Gasteiger partial charge < -0.3 is 15.8 Å². The van der Waals surface area contributed by atoms with Gasteiger partial charge in [0.25, 0.3) is 5.91 Å². The van der Waals surface area contributed by atoms with Crippen molar-refractivity contribution >= 4 is 17.5 Å². The molecule has 0 saturated heterocycles. The zero-order valence-electron chi connectivity index (χ0n) is 12.0. The van der Waals surface area contributed by atoms with Crippen LogP contribution in [0.25, 0.3) is 0 Å². The van der Waals surface area contributed by atoms with Gasteiger partial charge in [0.1, 0.15) is 0 Å². The van der Waals surface area contributed by atoms with Crippen LogP contribution >= 0.6 is 11.6 Å². The van der Waals surface area contributed by atoms with Crippen molar-refractivity contribution < 1.29 is 9.53 Å². The minimum atomic E-state index is -0.135. The molecule has 1 aliphatic carbocycles. The molecule has 1 saturated carbocycles. The van der Waals surface area contributed by atoms with E-state index in [0.717, 1.165) is 19.3 Å². The number of hydrogen-bond donors (Lipinski definition) is 2. The molecule has 0 heterocycles. The van der Waals surface area contributed by atoms with Crippen LogP contribution in [-0.2, 0) is 4.74 Å². The molecule has 21 heavy (non-hydrogen) atoms. The predicted octanol–water partition coefficient (Wildman–Crippen LogP) is 1.95. The van der Waals surface area contributed by atoms with Crippen molar-refractivity contribution in [1.29, 1.82) is 0 Å². The van der Waals surface area contributed by atoms with Gasteiger partial charge in [0, 0.05) is 18.2 Å². The Balaban J connectivity index is 2.07. The van der Waals surface area contributed by atoms with Crippen LogP contribution in [0.15, 0.2) is 18.2 Å². The molecule has 1 aromatic rings. The van der Waals surface area contributed by atoms with E-state index in [1.807, 2.05) is 0 Å². The lowest BCUT2D eigenvalue weighted by atomic mass is 10.1. The topological polar surface area (TPSA) is 64.3 Å². The number of amides is 1. The van der Waals surface area contributed by atoms with Crippen LogP contribution in [0.1, 0.15) is 35.2 Å². The second-order valence-electron chi connectivity index (χ2n) is 4.99. The SMILES string of the molecule is COC1CCCC1NC(=O)c1ccc(C#CCN)c(Cl)c1. The number of carbonyl (C=O) groups is 1. The van der Waals surface area contributed by atoms with Crippen LogP contribution in [0.5, 0.6) is 0 Å². The third kappa shape index (κ3) is 3.98. The molecule has 0 bridgehead atoms. The van der Waals surface area contributed by atoms with Crippen LogP contribution in [-0.4, -0.2) is 31.7 Å². The number of hydrogen-bond acceptors (Lipinski definition) is 3. The number of ether oxygens (including phenoxy) is 1. The molecule has 0 aliphatic heterocycles. The Labute approximate surface area is 130 Å². The zero-order chi connectivity index (χ0) is 15.2. The molecule has 0 spiro atoms. The average Bonchev–Trinajstić information content (AvgIpc) is 2.93. The van der Waals surface area contributed by atoms with Crippen molar-refractivity contribution in [2.24, 2.45) is 5.73 Å². The fourth-order valence-electron chi connectivity index (χ4n) is 2.53. The highest BCUT2D eigenvalue weighted by Gasteiger charge is 2.28. The van der Waals surface area contributed by atoms with Crippen LogP contribution in [0, 0.1) is 11.8 Å². The Morgan fingerprint density at radius 3 is 3.00 bits per heavy atom. The number of halogens is 1. The first-order valence-corrected chi connectivity index (χ1v) is 7.35. The van der Waals surface area contributed by atoms with Crippen LogP contribution in [0.4, 0.5) is 0 Å². The summed E-state index contributed by atoms with van der Waals surface area (Å²) in [5.74, 6) is 5.48. The predicted molar refractivity (Wildman–Crippen MR) is 83.3 cm³/mol. The Hall–Kier alpha value is -1.54. The summed E-state index contributed by atoms with van der Waals surface area (Å²) in [7, 11) is 1.68. The average molecular weight is 307 g/mol. The van der Waals surface area contributed by atoms with E-state index in [-0.39, 0.29) is 24.6 Å². The molecule has 1 amide bonds. The fourth-order valence-corrected chi connectivity index (χ4v) is 2.76. The smallest absolute Gasteiger partial charge is 0.251 e. The number of carbonyl (C=O) groups excluding carboxylic acids is 1. The first-order valence-electron chi connectivity index (χ1n) is 6.98. The summed E-state index contributed by atoms with van der Waals surface area (Å²) in [6.45, 7) is 0.276. The summed E-state index contributed by atoms with van der Waals surface area (Å²) >= 11 is 6.13. The molecule has 2 atom stereocenters. The van der Waals surface area contributed by atoms with Crippen LogP contribution in [0.3, 0.4) is 0 Å². The molecule has 0 aromatic heterocycles. The highest BCUT2D eigenvalue weighted by atomic mass is 35.5. The van der Waals surface area contributed by atoms with Gasteiger partial charge in [-0.2, -0.15) is 0 Å².